The summed E-state index contributed by atoms with van der Waals surface area (Å²) in [6, 6.07) is 38.4. The van der Waals surface area contributed by atoms with Gasteiger partial charge in [0, 0.05) is 33.5 Å². The summed E-state index contributed by atoms with van der Waals surface area (Å²) in [6.07, 6.45) is 0. The van der Waals surface area contributed by atoms with Crippen LogP contribution in [0.25, 0.3) is 32.3 Å². The average Bonchev–Trinajstić information content (AvgIpc) is 2.81. The normalized spacial score (nSPS) is 11.3. The maximum absolute atomic E-state index is 3.60. The van der Waals surface area contributed by atoms with E-state index in [1.165, 1.54) is 32.3 Å². The van der Waals surface area contributed by atoms with E-state index >= 15 is 0 Å². The lowest BCUT2D eigenvalue weighted by Crippen LogP contribution is -1.95. The fourth-order valence-corrected chi connectivity index (χ4v) is 4.37. The smallest absolute Gasteiger partial charge is 0.0464 e. The molecule has 2 N–H and O–H groups in total. The number of hydrogen-bond donors (Lipinski definition) is 2. The molecular weight excluding hydrogens is 364 g/mol. The van der Waals surface area contributed by atoms with Crippen molar-refractivity contribution in [1.82, 2.24) is 0 Å². The number of rotatable bonds is 4. The number of hydrogen-bond acceptors (Lipinski definition) is 2. The van der Waals surface area contributed by atoms with Crippen molar-refractivity contribution in [2.75, 3.05) is 10.6 Å². The van der Waals surface area contributed by atoms with Crippen LogP contribution in [0.5, 0.6) is 0 Å². The molecule has 2 heteroatoms. The van der Waals surface area contributed by atoms with Gasteiger partial charge < -0.3 is 10.6 Å². The minimum absolute atomic E-state index is 1.10. The molecule has 0 aliphatic rings. The first-order chi connectivity index (χ1) is 14.9. The van der Waals surface area contributed by atoms with Gasteiger partial charge in [0.15, 0.2) is 0 Å². The number of nitrogens with one attached hydrogen (secondary N) is 2. The highest BCUT2D eigenvalue weighted by atomic mass is 14.9. The van der Waals surface area contributed by atoms with Crippen molar-refractivity contribution in [1.29, 1.82) is 0 Å². The van der Waals surface area contributed by atoms with E-state index in [0.29, 0.717) is 0 Å². The number of anilines is 4. The van der Waals surface area contributed by atoms with Gasteiger partial charge in [-0.15, -0.1) is 0 Å². The molecule has 0 radical (unpaired) electrons. The summed E-state index contributed by atoms with van der Waals surface area (Å²) >= 11 is 0. The zero-order chi connectivity index (χ0) is 19.9. The molecule has 0 fully saturated rings. The van der Waals surface area contributed by atoms with Gasteiger partial charge in [0.25, 0.3) is 0 Å². The molecule has 0 amide bonds. The highest BCUT2D eigenvalue weighted by Gasteiger charge is 2.13. The molecule has 0 unspecified atom stereocenters. The van der Waals surface area contributed by atoms with E-state index < -0.39 is 0 Å². The molecule has 6 aromatic carbocycles. The molecule has 0 aromatic heterocycles. The Kier molecular flexibility index (Phi) is 3.82. The van der Waals surface area contributed by atoms with E-state index in [4.69, 9.17) is 0 Å². The predicted molar refractivity (Wildman–Crippen MR) is 130 cm³/mol. The molecule has 0 saturated carbocycles. The van der Waals surface area contributed by atoms with E-state index in [1.807, 2.05) is 12.1 Å². The summed E-state index contributed by atoms with van der Waals surface area (Å²) in [7, 11) is 0. The average molecular weight is 384 g/mol. The van der Waals surface area contributed by atoms with Crippen molar-refractivity contribution < 1.29 is 0 Å². The van der Waals surface area contributed by atoms with Gasteiger partial charge in [0.05, 0.1) is 0 Å². The van der Waals surface area contributed by atoms with Crippen LogP contribution in [0.15, 0.2) is 109 Å². The van der Waals surface area contributed by atoms with Gasteiger partial charge in [-0.3, -0.25) is 0 Å². The van der Waals surface area contributed by atoms with E-state index in [-0.39, 0.29) is 0 Å². The Hall–Kier alpha value is -4.04. The van der Waals surface area contributed by atoms with Crippen LogP contribution >= 0.6 is 0 Å². The molecule has 2 nitrogen and oxygen atoms in total. The first kappa shape index (κ1) is 16.9. The molecule has 6 rings (SSSR count). The number of para-hydroxylation sites is 2. The lowest BCUT2D eigenvalue weighted by molar-refractivity contribution is 1.58. The van der Waals surface area contributed by atoms with Crippen molar-refractivity contribution in [2.24, 2.45) is 0 Å². The van der Waals surface area contributed by atoms with Crippen LogP contribution < -0.4 is 10.6 Å². The second-order valence-corrected chi connectivity index (χ2v) is 7.63. The van der Waals surface area contributed by atoms with Crippen LogP contribution in [0.3, 0.4) is 0 Å². The van der Waals surface area contributed by atoms with Gasteiger partial charge >= 0.3 is 0 Å². The summed E-state index contributed by atoms with van der Waals surface area (Å²) in [5.41, 5.74) is 4.45. The Bertz CT molecular complexity index is 1360. The molecule has 6 aromatic rings. The molecule has 0 spiro atoms. The summed E-state index contributed by atoms with van der Waals surface area (Å²) in [5, 5.41) is 14.8. The lowest BCUT2D eigenvalue weighted by Gasteiger charge is -2.17. The first-order valence-electron chi connectivity index (χ1n) is 10.2. The molecule has 142 valence electrons. The Morgan fingerprint density at radius 3 is 1.20 bits per heavy atom. The predicted octanol–water partition coefficient (Wildman–Crippen LogP) is 8.07. The Morgan fingerprint density at radius 1 is 0.367 bits per heavy atom. The van der Waals surface area contributed by atoms with Gasteiger partial charge in [0.1, 0.15) is 0 Å². The second kappa shape index (κ2) is 6.78. The van der Waals surface area contributed by atoms with Crippen molar-refractivity contribution in [3.63, 3.8) is 0 Å². The van der Waals surface area contributed by atoms with Gasteiger partial charge in [0.2, 0.25) is 0 Å². The third kappa shape index (κ3) is 2.73. The molecule has 0 bridgehead atoms. The minimum atomic E-state index is 1.10. The quantitative estimate of drug-likeness (QED) is 0.300. The van der Waals surface area contributed by atoms with E-state index in [0.717, 1.165) is 22.7 Å². The molecule has 0 heterocycles. The highest BCUT2D eigenvalue weighted by molar-refractivity contribution is 6.27. The molecule has 30 heavy (non-hydrogen) atoms. The van der Waals surface area contributed by atoms with Crippen LogP contribution in [-0.2, 0) is 0 Å². The molecular formula is C28H20N2. The van der Waals surface area contributed by atoms with Crippen molar-refractivity contribution in [3.8, 4) is 0 Å². The third-order valence-electron chi connectivity index (χ3n) is 5.77. The fraction of sp³-hybridized carbons (Fsp3) is 0. The van der Waals surface area contributed by atoms with Crippen molar-refractivity contribution >= 4 is 55.1 Å². The molecule has 0 atom stereocenters. The summed E-state index contributed by atoms with van der Waals surface area (Å²) < 4.78 is 0. The fourth-order valence-electron chi connectivity index (χ4n) is 4.37. The van der Waals surface area contributed by atoms with Gasteiger partial charge in [-0.1, -0.05) is 72.8 Å². The molecule has 0 saturated heterocycles. The van der Waals surface area contributed by atoms with Gasteiger partial charge in [-0.05, 0) is 57.9 Å². The zero-order valence-electron chi connectivity index (χ0n) is 16.4. The van der Waals surface area contributed by atoms with Crippen LogP contribution in [0, 0.1) is 0 Å². The van der Waals surface area contributed by atoms with Crippen LogP contribution in [0.2, 0.25) is 0 Å². The monoisotopic (exact) mass is 384 g/mol. The van der Waals surface area contributed by atoms with Gasteiger partial charge in [-0.2, -0.15) is 0 Å². The van der Waals surface area contributed by atoms with Crippen LogP contribution in [0.1, 0.15) is 0 Å². The first-order valence-corrected chi connectivity index (χ1v) is 10.2. The van der Waals surface area contributed by atoms with E-state index in [1.54, 1.807) is 0 Å². The number of benzene rings is 6. The van der Waals surface area contributed by atoms with Crippen molar-refractivity contribution in [2.45, 2.75) is 0 Å². The van der Waals surface area contributed by atoms with E-state index in [2.05, 4.69) is 108 Å². The Balaban J connectivity index is 1.57. The molecule has 0 aliphatic heterocycles. The standard InChI is InChI=1S/C28H20N2/c1-3-7-21(8-4-1)29-25-17-13-19-11-12-20-14-18-26(30-22-9-5-2-6-10-22)24-16-15-23(25)27(19)28(20)24/h1-18,29-30H. The minimum Gasteiger partial charge on any atom is -0.355 e. The molecule has 0 aliphatic carbocycles. The largest absolute Gasteiger partial charge is 0.355 e. The Labute approximate surface area is 175 Å². The van der Waals surface area contributed by atoms with Crippen molar-refractivity contribution in [3.05, 3.63) is 109 Å². The zero-order valence-corrected chi connectivity index (χ0v) is 16.4. The van der Waals surface area contributed by atoms with Gasteiger partial charge in [-0.25, -0.2) is 0 Å². The second-order valence-electron chi connectivity index (χ2n) is 7.63. The summed E-state index contributed by atoms with van der Waals surface area (Å²) in [4.78, 5) is 0. The van der Waals surface area contributed by atoms with E-state index in [9.17, 15) is 0 Å². The Morgan fingerprint density at radius 2 is 0.767 bits per heavy atom. The summed E-state index contributed by atoms with van der Waals surface area (Å²) in [5.74, 6) is 0. The lowest BCUT2D eigenvalue weighted by atomic mass is 9.92. The topological polar surface area (TPSA) is 24.1 Å². The maximum atomic E-state index is 3.60. The highest BCUT2D eigenvalue weighted by Crippen LogP contribution is 2.41. The SMILES string of the molecule is c1ccc(Nc2ccc3ccc4ccc(Nc5ccccc5)c5ccc2c3c45)cc1. The van der Waals surface area contributed by atoms with Crippen LogP contribution in [-0.4, -0.2) is 0 Å². The summed E-state index contributed by atoms with van der Waals surface area (Å²) in [6.45, 7) is 0. The third-order valence-corrected chi connectivity index (χ3v) is 5.77. The maximum Gasteiger partial charge on any atom is 0.0464 e. The van der Waals surface area contributed by atoms with Crippen LogP contribution in [0.4, 0.5) is 22.7 Å².